The fourth-order valence-electron chi connectivity index (χ4n) is 11.4. The van der Waals surface area contributed by atoms with Crippen LogP contribution in [-0.4, -0.2) is 23.2 Å². The van der Waals surface area contributed by atoms with Crippen LogP contribution in [0.1, 0.15) is 106 Å². The Morgan fingerprint density at radius 3 is 2.31 bits per heavy atom. The summed E-state index contributed by atoms with van der Waals surface area (Å²) in [4.78, 5) is 24.6. The fourth-order valence-corrected chi connectivity index (χ4v) is 12.3. The summed E-state index contributed by atoms with van der Waals surface area (Å²) >= 11 is 0. The van der Waals surface area contributed by atoms with Crippen molar-refractivity contribution < 1.29 is 14.3 Å². The Labute approximate surface area is 222 Å². The monoisotopic (exact) mass is 529 g/mol. The van der Waals surface area contributed by atoms with Crippen LogP contribution < -0.4 is 0 Å². The van der Waals surface area contributed by atoms with Gasteiger partial charge >= 0.3 is 5.97 Å². The molecule has 0 radical (unpaired) electrons. The highest BCUT2D eigenvalue weighted by molar-refractivity contribution is 8.03. The summed E-state index contributed by atoms with van der Waals surface area (Å²) in [5.41, 5.74) is 1.53. The molecule has 0 aliphatic heterocycles. The van der Waals surface area contributed by atoms with Crippen molar-refractivity contribution in [2.75, 3.05) is 0 Å². The van der Waals surface area contributed by atoms with E-state index in [0.29, 0.717) is 53.6 Å². The van der Waals surface area contributed by atoms with Crippen LogP contribution in [0.5, 0.6) is 0 Å². The van der Waals surface area contributed by atoms with Crippen LogP contribution in [0.25, 0.3) is 0 Å². The number of carbonyl (C=O) groups is 2. The Morgan fingerprint density at radius 1 is 1.00 bits per heavy atom. The van der Waals surface area contributed by atoms with Crippen molar-refractivity contribution in [3.63, 3.8) is 0 Å². The first-order valence-corrected chi connectivity index (χ1v) is 16.7. The van der Waals surface area contributed by atoms with Gasteiger partial charge in [0.05, 0.1) is 0 Å². The topological polar surface area (TPSA) is 67.2 Å². The molecule has 5 aliphatic rings. The highest BCUT2D eigenvalue weighted by Crippen LogP contribution is 2.89. The summed E-state index contributed by atoms with van der Waals surface area (Å²) in [7, 11) is 3.22. The van der Waals surface area contributed by atoms with Crippen LogP contribution in [0, 0.1) is 62.1 Å². The molecule has 0 amide bonds. The van der Waals surface area contributed by atoms with E-state index in [1.165, 1.54) is 51.4 Å². The van der Waals surface area contributed by atoms with Crippen molar-refractivity contribution in [3.05, 3.63) is 0 Å². The molecule has 0 aromatic rings. The number of ketones is 1. The molecule has 4 nitrogen and oxygen atoms in total. The van der Waals surface area contributed by atoms with Gasteiger partial charge in [-0.2, -0.15) is 5.26 Å². The number of rotatable bonds is 5. The molecule has 36 heavy (non-hydrogen) atoms. The van der Waals surface area contributed by atoms with E-state index in [1.807, 2.05) is 0 Å². The molecule has 0 aromatic carbocycles. The number of Topliss-reactive ketones (excluding diaryl/α,β-unsaturated/α-hetero) is 1. The molecule has 198 valence electrons. The first-order valence-electron chi connectivity index (χ1n) is 14.2. The molecule has 2 spiro atoms. The lowest BCUT2D eigenvalue weighted by Gasteiger charge is -2.63. The smallest absolute Gasteiger partial charge is 0.302 e. The number of hydrogen-bond acceptors (Lipinski definition) is 4. The average molecular weight is 530 g/mol. The van der Waals surface area contributed by atoms with E-state index in [4.69, 9.17) is 4.74 Å². The summed E-state index contributed by atoms with van der Waals surface area (Å²) in [6.07, 6.45) is 11.8. The molecule has 0 heterocycles. The predicted octanol–water partition coefficient (Wildman–Crippen LogP) is 7.38. The lowest BCUT2D eigenvalue weighted by atomic mass is 9.41. The van der Waals surface area contributed by atoms with Gasteiger partial charge in [0.15, 0.2) is 5.78 Å². The molecule has 5 aliphatic carbocycles. The maximum Gasteiger partial charge on any atom is 0.302 e. The van der Waals surface area contributed by atoms with Crippen molar-refractivity contribution in [1.82, 2.24) is 0 Å². The molecule has 1 unspecified atom stereocenters. The van der Waals surface area contributed by atoms with Crippen LogP contribution in [-0.2, 0) is 14.3 Å². The number of ether oxygens (including phenoxy) is 1. The summed E-state index contributed by atoms with van der Waals surface area (Å²) in [5.74, 6) is 2.18. The number of hydrogen-bond donors (Lipinski definition) is 0. The summed E-state index contributed by atoms with van der Waals surface area (Å²) in [6.45, 7) is 13.8. The van der Waals surface area contributed by atoms with E-state index in [9.17, 15) is 14.9 Å². The molecule has 0 aromatic heterocycles. The van der Waals surface area contributed by atoms with E-state index >= 15 is 0 Å². The van der Waals surface area contributed by atoms with Crippen LogP contribution in [0.15, 0.2) is 0 Å². The standard InChI is InChI=1S/C30H45NO3P2/c1-18(15-21(33)22(16-31)36-35)20-9-11-28(6)24-8-7-23-26(3,4)25(34-19(2)32)10-12-29(23)17-30(24,29)14-13-27(20,28)5/h18,20,23-25H,7-15,17,35H2,1-6H3/t18-,20-,23+,24+,25+,27-,28+,29-,30+/m1/s1. The molecule has 5 fully saturated rings. The second-order valence-electron chi connectivity index (χ2n) is 14.3. The lowest BCUT2D eigenvalue weighted by Crippen LogP contribution is -2.58. The van der Waals surface area contributed by atoms with Crippen molar-refractivity contribution in [1.29, 1.82) is 5.26 Å². The molecular weight excluding hydrogens is 484 g/mol. The van der Waals surface area contributed by atoms with E-state index < -0.39 is 0 Å². The number of fused-ring (bicyclic) bond motifs is 2. The number of esters is 1. The zero-order valence-corrected chi connectivity index (χ0v) is 25.2. The highest BCUT2D eigenvalue weighted by Gasteiger charge is 2.82. The molecule has 0 saturated heterocycles. The van der Waals surface area contributed by atoms with Crippen LogP contribution in [0.3, 0.4) is 0 Å². The van der Waals surface area contributed by atoms with Crippen molar-refractivity contribution >= 4 is 33.9 Å². The van der Waals surface area contributed by atoms with Gasteiger partial charge in [0.1, 0.15) is 17.5 Å². The Balaban J connectivity index is 1.39. The fraction of sp³-hybridized carbons (Fsp3) is 0.867. The lowest BCUT2D eigenvalue weighted by molar-refractivity contribution is -0.181. The quantitative estimate of drug-likeness (QED) is 0.275. The van der Waals surface area contributed by atoms with Gasteiger partial charge in [0.25, 0.3) is 0 Å². The zero-order chi connectivity index (χ0) is 26.3. The largest absolute Gasteiger partial charge is 0.462 e. The van der Waals surface area contributed by atoms with Gasteiger partial charge in [-0.1, -0.05) is 51.4 Å². The number of nitriles is 1. The Hall–Kier alpha value is -0.770. The van der Waals surface area contributed by atoms with E-state index in [-0.39, 0.29) is 28.7 Å². The third-order valence-electron chi connectivity index (χ3n) is 13.1. The van der Waals surface area contributed by atoms with Gasteiger partial charge in [-0.3, -0.25) is 9.59 Å². The van der Waals surface area contributed by atoms with Gasteiger partial charge in [0, 0.05) is 18.8 Å². The molecule has 0 bridgehead atoms. The van der Waals surface area contributed by atoms with Crippen molar-refractivity contribution in [2.45, 2.75) is 112 Å². The van der Waals surface area contributed by atoms with Crippen LogP contribution in [0.2, 0.25) is 0 Å². The third-order valence-corrected chi connectivity index (χ3v) is 14.5. The van der Waals surface area contributed by atoms with Gasteiger partial charge < -0.3 is 4.74 Å². The molecule has 5 saturated carbocycles. The average Bonchev–Trinajstić information content (AvgIpc) is 3.38. The molecule has 0 N–H and O–H groups in total. The molecular formula is C30H45NO3P2. The molecule has 6 heteroatoms. The molecule has 10 atom stereocenters. The minimum Gasteiger partial charge on any atom is -0.462 e. The second kappa shape index (κ2) is 8.62. The van der Waals surface area contributed by atoms with Gasteiger partial charge in [-0.05, 0) is 103 Å². The number of carbonyl (C=O) groups excluding carboxylic acids is 2. The van der Waals surface area contributed by atoms with Crippen molar-refractivity contribution in [3.8, 4) is 6.07 Å². The maximum absolute atomic E-state index is 12.8. The Kier molecular flexibility index (Phi) is 6.42. The Bertz CT molecular complexity index is 1050. The molecule has 5 rings (SSSR count). The summed E-state index contributed by atoms with van der Waals surface area (Å²) in [5, 5.41) is 9.73. The number of nitrogens with zero attached hydrogens (tertiary/aromatic N) is 1. The normalized spacial score (nSPS) is 47.3. The van der Waals surface area contributed by atoms with Crippen molar-refractivity contribution in [2.24, 2.45) is 50.7 Å². The highest BCUT2D eigenvalue weighted by atomic mass is 32.0. The zero-order valence-electron chi connectivity index (χ0n) is 23.2. The first-order chi connectivity index (χ1) is 16.8. The van der Waals surface area contributed by atoms with E-state index in [2.05, 4.69) is 49.6 Å². The van der Waals surface area contributed by atoms with Gasteiger partial charge in [0.2, 0.25) is 0 Å². The SMILES string of the molecule is CC(=O)O[C@H]1CC[C@]23C[C@]24CC[C@]2(C)[C@@H]([C@H](C)CC(=O)C(C#N)=PP)CC[C@@]2(C)[C@@H]4CC[C@H]3C1(C)C. The minimum absolute atomic E-state index is 0.0407. The van der Waals surface area contributed by atoms with Gasteiger partial charge in [-0.25, -0.2) is 0 Å². The van der Waals surface area contributed by atoms with Crippen LogP contribution >= 0.6 is 16.8 Å². The second-order valence-corrected chi connectivity index (χ2v) is 15.8. The third kappa shape index (κ3) is 3.37. The van der Waals surface area contributed by atoms with Crippen LogP contribution in [0.4, 0.5) is 0 Å². The maximum atomic E-state index is 12.8. The predicted molar refractivity (Wildman–Crippen MR) is 148 cm³/mol. The van der Waals surface area contributed by atoms with Gasteiger partial charge in [-0.15, -0.1) is 0 Å². The first kappa shape index (κ1) is 26.8. The van der Waals surface area contributed by atoms with E-state index in [1.54, 1.807) is 6.92 Å². The Morgan fingerprint density at radius 2 is 1.67 bits per heavy atom. The van der Waals surface area contributed by atoms with E-state index in [0.717, 1.165) is 12.3 Å². The minimum atomic E-state index is -0.134. The summed E-state index contributed by atoms with van der Waals surface area (Å²) < 4.78 is 5.87. The summed E-state index contributed by atoms with van der Waals surface area (Å²) in [6, 6.07) is 2.12.